The summed E-state index contributed by atoms with van der Waals surface area (Å²) in [7, 11) is 0. The third kappa shape index (κ3) is 2.31. The zero-order chi connectivity index (χ0) is 11.4. The molecule has 1 N–H and O–H groups in total. The maximum atomic E-state index is 8.76. The Hall–Kier alpha value is -1.61. The van der Waals surface area contributed by atoms with Gasteiger partial charge in [0.1, 0.15) is 5.82 Å². The van der Waals surface area contributed by atoms with Crippen LogP contribution in [0.5, 0.6) is 0 Å². The van der Waals surface area contributed by atoms with Gasteiger partial charge in [0.25, 0.3) is 0 Å². The van der Waals surface area contributed by atoms with Gasteiger partial charge < -0.3 is 9.67 Å². The third-order valence-electron chi connectivity index (χ3n) is 2.66. The molecule has 1 heterocycles. The molecule has 84 valence electrons. The normalized spacial score (nSPS) is 10.6. The molecule has 0 fully saturated rings. The Labute approximate surface area is 95.4 Å². The minimum absolute atomic E-state index is 0.252. The van der Waals surface area contributed by atoms with Crippen LogP contribution in [0.4, 0.5) is 0 Å². The molecule has 0 saturated heterocycles. The van der Waals surface area contributed by atoms with Gasteiger partial charge in [-0.05, 0) is 37.5 Å². The van der Waals surface area contributed by atoms with Crippen LogP contribution in [0.1, 0.15) is 17.8 Å². The van der Waals surface area contributed by atoms with Crippen molar-refractivity contribution in [3.63, 3.8) is 0 Å². The van der Waals surface area contributed by atoms with Crippen molar-refractivity contribution in [3.8, 4) is 5.69 Å². The van der Waals surface area contributed by atoms with E-state index in [2.05, 4.69) is 33.8 Å². The van der Waals surface area contributed by atoms with E-state index in [4.69, 9.17) is 5.11 Å². The molecule has 3 nitrogen and oxygen atoms in total. The first kappa shape index (κ1) is 10.9. The van der Waals surface area contributed by atoms with Gasteiger partial charge in [0.15, 0.2) is 0 Å². The van der Waals surface area contributed by atoms with Crippen molar-refractivity contribution in [1.82, 2.24) is 9.55 Å². The van der Waals surface area contributed by atoms with Crippen LogP contribution in [0.25, 0.3) is 5.69 Å². The summed E-state index contributed by atoms with van der Waals surface area (Å²) in [6.45, 7) is 2.24. The fraction of sp³-hybridized carbons (Fsp3) is 0.308. The second-order valence-electron chi connectivity index (χ2n) is 3.84. The Bertz CT molecular complexity index is 445. The van der Waals surface area contributed by atoms with E-state index in [1.54, 1.807) is 6.20 Å². The van der Waals surface area contributed by atoms with Gasteiger partial charge in [0.05, 0.1) is 0 Å². The number of hydrogen-bond donors (Lipinski definition) is 1. The fourth-order valence-corrected chi connectivity index (χ4v) is 1.76. The highest BCUT2D eigenvalue weighted by atomic mass is 16.2. The predicted molar refractivity (Wildman–Crippen MR) is 63.7 cm³/mol. The Morgan fingerprint density at radius 3 is 2.56 bits per heavy atom. The number of hydrogen-bond acceptors (Lipinski definition) is 2. The van der Waals surface area contributed by atoms with Crippen LogP contribution in [-0.4, -0.2) is 21.3 Å². The number of aliphatic hydroxyl groups excluding tert-OH is 1. The van der Waals surface area contributed by atoms with E-state index in [-0.39, 0.29) is 6.61 Å². The zero-order valence-electron chi connectivity index (χ0n) is 9.43. The first-order valence-corrected chi connectivity index (χ1v) is 5.51. The van der Waals surface area contributed by atoms with E-state index >= 15 is 0 Å². The Kier molecular flexibility index (Phi) is 3.37. The molecule has 0 amide bonds. The summed E-state index contributed by atoms with van der Waals surface area (Å²) in [5.74, 6) is 0.989. The van der Waals surface area contributed by atoms with E-state index < -0.39 is 0 Å². The van der Waals surface area contributed by atoms with E-state index in [0.717, 1.165) is 24.4 Å². The van der Waals surface area contributed by atoms with Crippen LogP contribution in [0.15, 0.2) is 36.7 Å². The number of aryl methyl sites for hydroxylation is 2. The van der Waals surface area contributed by atoms with E-state index in [1.807, 2.05) is 13.1 Å². The highest BCUT2D eigenvalue weighted by Crippen LogP contribution is 2.12. The molecule has 1 aromatic heterocycles. The summed E-state index contributed by atoms with van der Waals surface area (Å²) >= 11 is 0. The fourth-order valence-electron chi connectivity index (χ4n) is 1.76. The van der Waals surface area contributed by atoms with E-state index in [1.165, 1.54) is 5.56 Å². The Morgan fingerprint density at radius 1 is 1.25 bits per heavy atom. The number of aliphatic hydroxyl groups is 1. The predicted octanol–water partition coefficient (Wildman–Crippen LogP) is 2.11. The topological polar surface area (TPSA) is 38.0 Å². The lowest BCUT2D eigenvalue weighted by Crippen LogP contribution is -1.96. The molecule has 2 rings (SSSR count). The van der Waals surface area contributed by atoms with E-state index in [0.29, 0.717) is 0 Å². The summed E-state index contributed by atoms with van der Waals surface area (Å²) in [5, 5.41) is 8.76. The minimum Gasteiger partial charge on any atom is -0.396 e. The van der Waals surface area contributed by atoms with Gasteiger partial charge >= 0.3 is 0 Å². The standard InChI is InChI=1S/C13H16N2O/c1-11-14-8-9-15(11)13-6-4-12(5-7-13)3-2-10-16/h4-9,16H,2-3,10H2,1H3. The molecule has 2 aromatic rings. The van der Waals surface area contributed by atoms with Crippen molar-refractivity contribution in [1.29, 1.82) is 0 Å². The lowest BCUT2D eigenvalue weighted by molar-refractivity contribution is 0.288. The van der Waals surface area contributed by atoms with Crippen LogP contribution < -0.4 is 0 Å². The molecule has 16 heavy (non-hydrogen) atoms. The number of nitrogens with zero attached hydrogens (tertiary/aromatic N) is 2. The van der Waals surface area contributed by atoms with Crippen molar-refractivity contribution < 1.29 is 5.11 Å². The maximum absolute atomic E-state index is 8.76. The van der Waals surface area contributed by atoms with Crippen LogP contribution in [0, 0.1) is 6.92 Å². The van der Waals surface area contributed by atoms with Gasteiger partial charge in [-0.15, -0.1) is 0 Å². The quantitative estimate of drug-likeness (QED) is 0.850. The van der Waals surface area contributed by atoms with Crippen molar-refractivity contribution >= 4 is 0 Å². The molecule has 0 spiro atoms. The van der Waals surface area contributed by atoms with Crippen LogP contribution in [0.3, 0.4) is 0 Å². The molecule has 0 saturated carbocycles. The number of aromatic nitrogens is 2. The molecular formula is C13H16N2O. The van der Waals surface area contributed by atoms with Crippen LogP contribution in [0.2, 0.25) is 0 Å². The monoisotopic (exact) mass is 216 g/mol. The summed E-state index contributed by atoms with van der Waals surface area (Å²) in [6, 6.07) is 8.37. The molecule has 0 bridgehead atoms. The van der Waals surface area contributed by atoms with Gasteiger partial charge in [0.2, 0.25) is 0 Å². The van der Waals surface area contributed by atoms with Crippen molar-refractivity contribution in [3.05, 3.63) is 48.0 Å². The molecule has 0 aliphatic rings. The minimum atomic E-state index is 0.252. The molecule has 0 aliphatic carbocycles. The third-order valence-corrected chi connectivity index (χ3v) is 2.66. The summed E-state index contributed by atoms with van der Waals surface area (Å²) in [4.78, 5) is 4.19. The molecule has 0 radical (unpaired) electrons. The SMILES string of the molecule is Cc1nccn1-c1ccc(CCCO)cc1. The molecule has 0 aliphatic heterocycles. The second-order valence-corrected chi connectivity index (χ2v) is 3.84. The zero-order valence-corrected chi connectivity index (χ0v) is 9.43. The van der Waals surface area contributed by atoms with Crippen molar-refractivity contribution in [2.75, 3.05) is 6.61 Å². The lowest BCUT2D eigenvalue weighted by Gasteiger charge is -2.06. The highest BCUT2D eigenvalue weighted by molar-refractivity contribution is 5.35. The first-order valence-electron chi connectivity index (χ1n) is 5.51. The second kappa shape index (κ2) is 4.94. The molecule has 3 heteroatoms. The van der Waals surface area contributed by atoms with Gasteiger partial charge in [-0.2, -0.15) is 0 Å². The van der Waals surface area contributed by atoms with E-state index in [9.17, 15) is 0 Å². The average Bonchev–Trinajstić information content (AvgIpc) is 2.74. The molecule has 0 atom stereocenters. The maximum Gasteiger partial charge on any atom is 0.110 e. The molecule has 0 unspecified atom stereocenters. The van der Waals surface area contributed by atoms with Crippen LogP contribution in [-0.2, 0) is 6.42 Å². The van der Waals surface area contributed by atoms with Crippen molar-refractivity contribution in [2.45, 2.75) is 19.8 Å². The van der Waals surface area contributed by atoms with Gasteiger partial charge in [-0.3, -0.25) is 0 Å². The molecule has 1 aromatic carbocycles. The largest absolute Gasteiger partial charge is 0.396 e. The number of rotatable bonds is 4. The number of imidazole rings is 1. The average molecular weight is 216 g/mol. The Morgan fingerprint density at radius 2 is 2.00 bits per heavy atom. The number of benzene rings is 1. The summed E-state index contributed by atoms with van der Waals surface area (Å²) < 4.78 is 2.05. The lowest BCUT2D eigenvalue weighted by atomic mass is 10.1. The smallest absolute Gasteiger partial charge is 0.110 e. The molecular weight excluding hydrogens is 200 g/mol. The first-order chi connectivity index (χ1) is 7.81. The van der Waals surface area contributed by atoms with Crippen molar-refractivity contribution in [2.24, 2.45) is 0 Å². The highest BCUT2D eigenvalue weighted by Gasteiger charge is 2.00. The Balaban J connectivity index is 2.16. The van der Waals surface area contributed by atoms with Gasteiger partial charge in [-0.1, -0.05) is 12.1 Å². The summed E-state index contributed by atoms with van der Waals surface area (Å²) in [6.07, 6.45) is 5.51. The van der Waals surface area contributed by atoms with Crippen LogP contribution >= 0.6 is 0 Å². The summed E-state index contributed by atoms with van der Waals surface area (Å²) in [5.41, 5.74) is 2.39. The van der Waals surface area contributed by atoms with Gasteiger partial charge in [0, 0.05) is 24.7 Å². The van der Waals surface area contributed by atoms with Gasteiger partial charge in [-0.25, -0.2) is 4.98 Å².